The zero-order chi connectivity index (χ0) is 22.0. The fourth-order valence-corrected chi connectivity index (χ4v) is 6.68. The van der Waals surface area contributed by atoms with Crippen LogP contribution in [0.25, 0.3) is 0 Å². The Labute approximate surface area is 184 Å². The first-order valence-electron chi connectivity index (χ1n) is 11.2. The van der Waals surface area contributed by atoms with Gasteiger partial charge < -0.3 is 15.1 Å². The van der Waals surface area contributed by atoms with Gasteiger partial charge in [0, 0.05) is 51.0 Å². The molecular formula is C22H32N4O4S. The number of carbonyl (C=O) groups excluding carboxylic acids is 2. The Morgan fingerprint density at radius 2 is 1.81 bits per heavy atom. The molecule has 0 saturated carbocycles. The highest BCUT2D eigenvalue weighted by molar-refractivity contribution is 7.91. The van der Waals surface area contributed by atoms with Crippen molar-refractivity contribution in [3.05, 3.63) is 29.8 Å². The largest absolute Gasteiger partial charge is 0.340 e. The molecule has 2 atom stereocenters. The molecule has 1 aromatic rings. The van der Waals surface area contributed by atoms with Crippen molar-refractivity contribution in [2.75, 3.05) is 56.1 Å². The van der Waals surface area contributed by atoms with Gasteiger partial charge in [0.2, 0.25) is 5.91 Å². The molecule has 31 heavy (non-hydrogen) atoms. The van der Waals surface area contributed by atoms with Gasteiger partial charge in [-0.05, 0) is 43.9 Å². The third-order valence-electron chi connectivity index (χ3n) is 6.68. The third-order valence-corrected chi connectivity index (χ3v) is 8.43. The van der Waals surface area contributed by atoms with E-state index in [4.69, 9.17) is 0 Å². The number of anilines is 1. The van der Waals surface area contributed by atoms with Crippen LogP contribution in [0, 0.1) is 12.8 Å². The Bertz CT molecular complexity index is 927. The van der Waals surface area contributed by atoms with Crippen molar-refractivity contribution in [2.45, 2.75) is 32.2 Å². The number of nitrogens with one attached hydrogen (secondary N) is 1. The van der Waals surface area contributed by atoms with Gasteiger partial charge in [-0.25, -0.2) is 13.2 Å². The smallest absolute Gasteiger partial charge is 0.321 e. The summed E-state index contributed by atoms with van der Waals surface area (Å²) in [5.74, 6) is 0.468. The number of rotatable bonds is 3. The maximum Gasteiger partial charge on any atom is 0.321 e. The molecule has 9 heteroatoms. The number of nitrogens with zero attached hydrogens (tertiary/aromatic N) is 3. The first kappa shape index (κ1) is 22.1. The molecule has 1 aromatic carbocycles. The Kier molecular flexibility index (Phi) is 6.52. The highest BCUT2D eigenvalue weighted by Gasteiger charge is 2.36. The van der Waals surface area contributed by atoms with E-state index in [1.165, 1.54) is 0 Å². The number of hydrogen-bond acceptors (Lipinski definition) is 5. The van der Waals surface area contributed by atoms with Crippen molar-refractivity contribution in [1.29, 1.82) is 0 Å². The van der Waals surface area contributed by atoms with E-state index < -0.39 is 9.84 Å². The van der Waals surface area contributed by atoms with Gasteiger partial charge in [-0.1, -0.05) is 12.1 Å². The Morgan fingerprint density at radius 1 is 1.03 bits per heavy atom. The Balaban J connectivity index is 1.28. The first-order valence-corrected chi connectivity index (χ1v) is 13.0. The minimum absolute atomic E-state index is 0.0951. The predicted molar refractivity (Wildman–Crippen MR) is 120 cm³/mol. The van der Waals surface area contributed by atoms with Gasteiger partial charge in [0.1, 0.15) is 0 Å². The minimum Gasteiger partial charge on any atom is -0.340 e. The van der Waals surface area contributed by atoms with Crippen molar-refractivity contribution >= 4 is 27.5 Å². The Morgan fingerprint density at radius 3 is 2.48 bits per heavy atom. The van der Waals surface area contributed by atoms with Crippen LogP contribution in [-0.4, -0.2) is 91.9 Å². The van der Waals surface area contributed by atoms with Crippen LogP contribution in [-0.2, 0) is 14.6 Å². The van der Waals surface area contributed by atoms with Crippen LogP contribution in [0.15, 0.2) is 24.3 Å². The molecule has 3 amide bonds. The number of hydrogen-bond donors (Lipinski definition) is 1. The summed E-state index contributed by atoms with van der Waals surface area (Å²) in [6, 6.07) is 7.63. The summed E-state index contributed by atoms with van der Waals surface area (Å²) in [5.41, 5.74) is 1.85. The van der Waals surface area contributed by atoms with Gasteiger partial charge in [0.05, 0.1) is 17.4 Å². The number of carbonyl (C=O) groups is 2. The predicted octanol–water partition coefficient (Wildman–Crippen LogP) is 1.57. The molecule has 0 spiro atoms. The first-order chi connectivity index (χ1) is 14.8. The summed E-state index contributed by atoms with van der Waals surface area (Å²) < 4.78 is 23.5. The van der Waals surface area contributed by atoms with Crippen LogP contribution in [0.5, 0.6) is 0 Å². The Hall–Kier alpha value is -2.13. The van der Waals surface area contributed by atoms with Gasteiger partial charge in [0.15, 0.2) is 9.84 Å². The summed E-state index contributed by atoms with van der Waals surface area (Å²) in [5, 5.41) is 2.94. The van der Waals surface area contributed by atoms with Gasteiger partial charge in [-0.2, -0.15) is 0 Å². The zero-order valence-electron chi connectivity index (χ0n) is 18.1. The van der Waals surface area contributed by atoms with Crippen LogP contribution < -0.4 is 5.32 Å². The van der Waals surface area contributed by atoms with E-state index >= 15 is 0 Å². The van der Waals surface area contributed by atoms with Crippen molar-refractivity contribution in [2.24, 2.45) is 5.92 Å². The molecule has 1 N–H and O–H groups in total. The van der Waals surface area contributed by atoms with E-state index in [1.807, 2.05) is 36.1 Å². The number of benzene rings is 1. The van der Waals surface area contributed by atoms with Crippen molar-refractivity contribution in [3.63, 3.8) is 0 Å². The van der Waals surface area contributed by atoms with E-state index in [2.05, 4.69) is 10.2 Å². The normalized spacial score (nSPS) is 26.6. The maximum atomic E-state index is 13.1. The molecule has 0 radical (unpaired) electrons. The maximum absolute atomic E-state index is 13.1. The molecule has 0 aliphatic carbocycles. The van der Waals surface area contributed by atoms with Crippen LogP contribution >= 0.6 is 0 Å². The monoisotopic (exact) mass is 448 g/mol. The molecule has 3 saturated heterocycles. The quantitative estimate of drug-likeness (QED) is 0.758. The summed E-state index contributed by atoms with van der Waals surface area (Å²) in [4.78, 5) is 31.7. The van der Waals surface area contributed by atoms with Gasteiger partial charge in [0.25, 0.3) is 0 Å². The molecule has 3 heterocycles. The lowest BCUT2D eigenvalue weighted by Crippen LogP contribution is -2.55. The molecular weight excluding hydrogens is 416 g/mol. The number of sulfone groups is 1. The van der Waals surface area contributed by atoms with E-state index in [-0.39, 0.29) is 35.4 Å². The molecule has 2 unspecified atom stereocenters. The van der Waals surface area contributed by atoms with E-state index in [0.717, 1.165) is 37.2 Å². The number of aryl methyl sites for hydroxylation is 1. The molecule has 8 nitrogen and oxygen atoms in total. The van der Waals surface area contributed by atoms with Crippen molar-refractivity contribution in [3.8, 4) is 0 Å². The molecule has 170 valence electrons. The van der Waals surface area contributed by atoms with E-state index in [0.29, 0.717) is 32.6 Å². The second-order valence-corrected chi connectivity index (χ2v) is 11.2. The summed E-state index contributed by atoms with van der Waals surface area (Å²) >= 11 is 0. The lowest BCUT2D eigenvalue weighted by Gasteiger charge is -2.40. The lowest BCUT2D eigenvalue weighted by molar-refractivity contribution is -0.139. The SMILES string of the molecule is Cc1cccc(NC(=O)N2CCCC(C(=O)N3CCN(C4CCS(=O)(=O)C4)CC3)C2)c1. The van der Waals surface area contributed by atoms with Crippen LogP contribution in [0.4, 0.5) is 10.5 Å². The number of urea groups is 1. The number of likely N-dealkylation sites (tertiary alicyclic amines) is 1. The number of piperidine rings is 1. The standard InChI is InChI=1S/C22H32N4O4S/c1-17-4-2-6-19(14-17)23-22(28)26-8-3-5-18(15-26)21(27)25-11-9-24(10-12-25)20-7-13-31(29,30)16-20/h2,4,6,14,18,20H,3,5,7-13,15-16H2,1H3,(H,23,28). The van der Waals surface area contributed by atoms with E-state index in [9.17, 15) is 18.0 Å². The topological polar surface area (TPSA) is 90.0 Å². The van der Waals surface area contributed by atoms with Gasteiger partial charge >= 0.3 is 6.03 Å². The molecule has 3 aliphatic rings. The average Bonchev–Trinajstić information content (AvgIpc) is 3.13. The molecule has 0 aromatic heterocycles. The molecule has 3 aliphatic heterocycles. The third kappa shape index (κ3) is 5.38. The second-order valence-electron chi connectivity index (χ2n) is 9.00. The molecule has 4 rings (SSSR count). The van der Waals surface area contributed by atoms with Gasteiger partial charge in [-0.3, -0.25) is 9.69 Å². The summed E-state index contributed by atoms with van der Waals surface area (Å²) in [7, 11) is -2.90. The van der Waals surface area contributed by atoms with Crippen LogP contribution in [0.1, 0.15) is 24.8 Å². The highest BCUT2D eigenvalue weighted by Crippen LogP contribution is 2.23. The number of piperazine rings is 1. The van der Waals surface area contributed by atoms with Crippen LogP contribution in [0.2, 0.25) is 0 Å². The zero-order valence-corrected chi connectivity index (χ0v) is 18.9. The lowest BCUT2D eigenvalue weighted by atomic mass is 9.96. The summed E-state index contributed by atoms with van der Waals surface area (Å²) in [6.07, 6.45) is 2.32. The summed E-state index contributed by atoms with van der Waals surface area (Å²) in [6.45, 7) is 5.77. The van der Waals surface area contributed by atoms with Crippen molar-refractivity contribution in [1.82, 2.24) is 14.7 Å². The average molecular weight is 449 g/mol. The fraction of sp³-hybridized carbons (Fsp3) is 0.636. The highest BCUT2D eigenvalue weighted by atomic mass is 32.2. The molecule has 3 fully saturated rings. The number of amides is 3. The second kappa shape index (κ2) is 9.16. The fourth-order valence-electron chi connectivity index (χ4n) is 4.92. The van der Waals surface area contributed by atoms with Gasteiger partial charge in [-0.15, -0.1) is 0 Å². The minimum atomic E-state index is -2.90. The van der Waals surface area contributed by atoms with Crippen LogP contribution in [0.3, 0.4) is 0 Å². The van der Waals surface area contributed by atoms with Crippen molar-refractivity contribution < 1.29 is 18.0 Å². The molecule has 0 bridgehead atoms. The van der Waals surface area contributed by atoms with E-state index in [1.54, 1.807) is 4.90 Å².